The summed E-state index contributed by atoms with van der Waals surface area (Å²) in [5.74, 6) is -0.0820. The van der Waals surface area contributed by atoms with E-state index in [0.717, 1.165) is 11.1 Å². The summed E-state index contributed by atoms with van der Waals surface area (Å²) in [5, 5.41) is 0. The van der Waals surface area contributed by atoms with Crippen LogP contribution in [0.2, 0.25) is 0 Å². The number of morpholine rings is 1. The molecule has 1 heterocycles. The molecule has 1 atom stereocenters. The van der Waals surface area contributed by atoms with Crippen LogP contribution in [0.5, 0.6) is 0 Å². The Balaban J connectivity index is 2.67. The summed E-state index contributed by atoms with van der Waals surface area (Å²) < 4.78 is 27.7. The Morgan fingerprint density at radius 1 is 1.29 bits per heavy atom. The molecule has 6 heteroatoms. The molecule has 1 unspecified atom stereocenters. The lowest BCUT2D eigenvalue weighted by molar-refractivity contribution is -0.137. The summed E-state index contributed by atoms with van der Waals surface area (Å²) in [6.45, 7) is 7.99. The molecule has 21 heavy (non-hydrogen) atoms. The highest BCUT2D eigenvalue weighted by Crippen LogP contribution is 2.12. The third-order valence-electron chi connectivity index (χ3n) is 3.19. The number of nitrogens with zero attached hydrogens (tertiary/aromatic N) is 1. The van der Waals surface area contributed by atoms with Gasteiger partial charge >= 0.3 is 0 Å². The Labute approximate surface area is 127 Å². The molecule has 0 aromatic rings. The first kappa shape index (κ1) is 17.9. The van der Waals surface area contributed by atoms with Crippen molar-refractivity contribution in [1.29, 1.82) is 0 Å². The molecule has 5 nitrogen and oxygen atoms in total. The Bertz CT molecular complexity index is 528. The number of hydrogen-bond donors (Lipinski definition) is 0. The molecule has 1 saturated heterocycles. The Morgan fingerprint density at radius 2 is 1.86 bits per heavy atom. The van der Waals surface area contributed by atoms with E-state index in [4.69, 9.17) is 4.74 Å². The monoisotopic (exact) mass is 315 g/mol. The van der Waals surface area contributed by atoms with Gasteiger partial charge in [-0.3, -0.25) is 4.79 Å². The first-order valence-electron chi connectivity index (χ1n) is 7.09. The summed E-state index contributed by atoms with van der Waals surface area (Å²) in [5.41, 5.74) is 1.68. The zero-order valence-corrected chi connectivity index (χ0v) is 14.1. The van der Waals surface area contributed by atoms with Crippen molar-refractivity contribution in [3.63, 3.8) is 0 Å². The van der Waals surface area contributed by atoms with Crippen LogP contribution in [0.15, 0.2) is 23.3 Å². The van der Waals surface area contributed by atoms with Crippen LogP contribution < -0.4 is 0 Å². The van der Waals surface area contributed by atoms with Crippen molar-refractivity contribution >= 4 is 15.7 Å². The highest BCUT2D eigenvalue weighted by atomic mass is 32.2. The minimum Gasteiger partial charge on any atom is -0.378 e. The smallest absolute Gasteiger partial charge is 0.229 e. The molecule has 1 aliphatic rings. The Kier molecular flexibility index (Phi) is 6.61. The average molecular weight is 315 g/mol. The molecular formula is C15H25NO4S. The van der Waals surface area contributed by atoms with Crippen molar-refractivity contribution in [3.8, 4) is 0 Å². The number of ether oxygens (including phenoxy) is 1. The van der Waals surface area contributed by atoms with Crippen LogP contribution in [0.4, 0.5) is 0 Å². The molecule has 0 spiro atoms. The standard InChI is InChI=1S/C15H25NO4S/c1-12(9-13(2)11-21(4,18)19)10-14(3)15(17)16-5-7-20-8-6-16/h9-10,14H,5-8,11H2,1-4H3/b12-10+,13-9+. The summed E-state index contributed by atoms with van der Waals surface area (Å²) in [4.78, 5) is 14.1. The van der Waals surface area contributed by atoms with E-state index in [-0.39, 0.29) is 17.6 Å². The molecular weight excluding hydrogens is 290 g/mol. The molecule has 1 amide bonds. The second kappa shape index (κ2) is 7.75. The van der Waals surface area contributed by atoms with Crippen LogP contribution >= 0.6 is 0 Å². The quantitative estimate of drug-likeness (QED) is 0.720. The van der Waals surface area contributed by atoms with Gasteiger partial charge in [-0.15, -0.1) is 0 Å². The predicted molar refractivity (Wildman–Crippen MR) is 83.8 cm³/mol. The van der Waals surface area contributed by atoms with Gasteiger partial charge in [0.25, 0.3) is 0 Å². The van der Waals surface area contributed by atoms with Gasteiger partial charge in [-0.2, -0.15) is 0 Å². The van der Waals surface area contributed by atoms with E-state index in [1.165, 1.54) is 6.26 Å². The maximum absolute atomic E-state index is 12.3. The third-order valence-corrected chi connectivity index (χ3v) is 4.17. The highest BCUT2D eigenvalue weighted by molar-refractivity contribution is 7.90. The lowest BCUT2D eigenvalue weighted by atomic mass is 10.1. The SMILES string of the molecule is CC(=C\C(C)C(=O)N1CCOCC1)/C=C(\C)CS(C)(=O)=O. The van der Waals surface area contributed by atoms with E-state index in [0.29, 0.717) is 26.3 Å². The molecule has 0 radical (unpaired) electrons. The number of allylic oxidation sites excluding steroid dienone is 2. The molecule has 0 bridgehead atoms. The van der Waals surface area contributed by atoms with Gasteiger partial charge in [-0.25, -0.2) is 8.42 Å². The molecule has 0 saturated carbocycles. The van der Waals surface area contributed by atoms with Crippen LogP contribution in [0.25, 0.3) is 0 Å². The van der Waals surface area contributed by atoms with Crippen molar-refractivity contribution in [3.05, 3.63) is 23.3 Å². The van der Waals surface area contributed by atoms with Crippen molar-refractivity contribution in [2.45, 2.75) is 20.8 Å². The van der Waals surface area contributed by atoms with Gasteiger partial charge in [0.05, 0.1) is 24.9 Å². The molecule has 1 rings (SSSR count). The van der Waals surface area contributed by atoms with Gasteiger partial charge in [-0.1, -0.05) is 30.2 Å². The van der Waals surface area contributed by atoms with Crippen molar-refractivity contribution < 1.29 is 17.9 Å². The summed E-state index contributed by atoms with van der Waals surface area (Å²) >= 11 is 0. The molecule has 1 aliphatic heterocycles. The first-order valence-corrected chi connectivity index (χ1v) is 9.15. The van der Waals surface area contributed by atoms with Gasteiger partial charge < -0.3 is 9.64 Å². The van der Waals surface area contributed by atoms with Crippen LogP contribution in [-0.4, -0.2) is 57.5 Å². The fourth-order valence-electron chi connectivity index (χ4n) is 2.43. The zero-order chi connectivity index (χ0) is 16.0. The van der Waals surface area contributed by atoms with Crippen molar-refractivity contribution in [2.24, 2.45) is 5.92 Å². The average Bonchev–Trinajstić information content (AvgIpc) is 2.36. The minimum atomic E-state index is -3.02. The number of sulfone groups is 1. The highest BCUT2D eigenvalue weighted by Gasteiger charge is 2.20. The van der Waals surface area contributed by atoms with Gasteiger partial charge in [0.15, 0.2) is 9.84 Å². The van der Waals surface area contributed by atoms with Crippen LogP contribution in [0, 0.1) is 5.92 Å². The van der Waals surface area contributed by atoms with E-state index < -0.39 is 9.84 Å². The molecule has 1 fully saturated rings. The predicted octanol–water partition coefficient (Wildman–Crippen LogP) is 1.42. The largest absolute Gasteiger partial charge is 0.378 e. The molecule has 120 valence electrons. The number of amides is 1. The number of hydrogen-bond acceptors (Lipinski definition) is 4. The maximum atomic E-state index is 12.3. The summed E-state index contributed by atoms with van der Waals surface area (Å²) in [6.07, 6.45) is 4.92. The second-order valence-electron chi connectivity index (χ2n) is 5.70. The topological polar surface area (TPSA) is 63.7 Å². The third kappa shape index (κ3) is 6.91. The van der Waals surface area contributed by atoms with E-state index >= 15 is 0 Å². The van der Waals surface area contributed by atoms with Gasteiger partial charge in [0, 0.05) is 19.3 Å². The maximum Gasteiger partial charge on any atom is 0.229 e. The lowest BCUT2D eigenvalue weighted by Gasteiger charge is -2.28. The minimum absolute atomic E-state index is 0.0456. The first-order chi connectivity index (χ1) is 9.69. The Hall–Kier alpha value is -1.14. The summed E-state index contributed by atoms with van der Waals surface area (Å²) in [7, 11) is -3.02. The van der Waals surface area contributed by atoms with Crippen LogP contribution in [0.1, 0.15) is 20.8 Å². The molecule has 0 N–H and O–H groups in total. The van der Waals surface area contributed by atoms with Gasteiger partial charge in [0.1, 0.15) is 0 Å². The molecule has 0 aromatic carbocycles. The van der Waals surface area contributed by atoms with Crippen LogP contribution in [0.3, 0.4) is 0 Å². The van der Waals surface area contributed by atoms with Crippen LogP contribution in [-0.2, 0) is 19.4 Å². The fraction of sp³-hybridized carbons (Fsp3) is 0.667. The fourth-order valence-corrected chi connectivity index (χ4v) is 3.34. The Morgan fingerprint density at radius 3 is 2.38 bits per heavy atom. The van der Waals surface area contributed by atoms with E-state index in [9.17, 15) is 13.2 Å². The number of rotatable bonds is 5. The number of carbonyl (C=O) groups excluding carboxylic acids is 1. The second-order valence-corrected chi connectivity index (χ2v) is 7.84. The lowest BCUT2D eigenvalue weighted by Crippen LogP contribution is -2.42. The summed E-state index contributed by atoms with van der Waals surface area (Å²) in [6, 6.07) is 0. The van der Waals surface area contributed by atoms with E-state index in [1.54, 1.807) is 6.92 Å². The zero-order valence-electron chi connectivity index (χ0n) is 13.3. The number of carbonyl (C=O) groups is 1. The van der Waals surface area contributed by atoms with E-state index in [2.05, 4.69) is 0 Å². The molecule has 0 aromatic heterocycles. The van der Waals surface area contributed by atoms with Gasteiger partial charge in [-0.05, 0) is 13.8 Å². The van der Waals surface area contributed by atoms with E-state index in [1.807, 2.05) is 30.9 Å². The van der Waals surface area contributed by atoms with Crippen molar-refractivity contribution in [1.82, 2.24) is 4.90 Å². The van der Waals surface area contributed by atoms with Gasteiger partial charge in [0.2, 0.25) is 5.91 Å². The molecule has 0 aliphatic carbocycles. The van der Waals surface area contributed by atoms with Crippen molar-refractivity contribution in [2.75, 3.05) is 38.3 Å². The normalized spacial score (nSPS) is 19.5.